The molecule has 3 N–H and O–H groups in total. The molecular formula is C55H103NO3. The molecule has 0 radical (unpaired) electrons. The summed E-state index contributed by atoms with van der Waals surface area (Å²) in [5.41, 5.74) is 0. The maximum atomic E-state index is 12.5. The molecule has 1 amide bonds. The number of unbranched alkanes of at least 4 members (excludes halogenated alkanes) is 33. The molecule has 59 heavy (non-hydrogen) atoms. The van der Waals surface area contributed by atoms with Crippen LogP contribution in [0.3, 0.4) is 0 Å². The molecule has 0 aromatic carbocycles. The summed E-state index contributed by atoms with van der Waals surface area (Å²) in [4.78, 5) is 12.5. The van der Waals surface area contributed by atoms with Crippen LogP contribution in [0.5, 0.6) is 0 Å². The number of aliphatic hydroxyl groups is 2. The first-order chi connectivity index (χ1) is 29.2. The van der Waals surface area contributed by atoms with E-state index >= 15 is 0 Å². The van der Waals surface area contributed by atoms with Crippen molar-refractivity contribution in [3.05, 3.63) is 48.6 Å². The van der Waals surface area contributed by atoms with Gasteiger partial charge in [0.1, 0.15) is 0 Å². The molecule has 0 aliphatic carbocycles. The second kappa shape index (κ2) is 50.7. The van der Waals surface area contributed by atoms with Crippen molar-refractivity contribution in [2.24, 2.45) is 0 Å². The van der Waals surface area contributed by atoms with Gasteiger partial charge in [0.05, 0.1) is 18.8 Å². The van der Waals surface area contributed by atoms with Crippen molar-refractivity contribution >= 4 is 5.91 Å². The average molecular weight is 826 g/mol. The van der Waals surface area contributed by atoms with Gasteiger partial charge in [-0.3, -0.25) is 4.79 Å². The van der Waals surface area contributed by atoms with Crippen LogP contribution in [0.1, 0.15) is 277 Å². The molecule has 0 saturated carbocycles. The molecule has 2 unspecified atom stereocenters. The van der Waals surface area contributed by atoms with E-state index in [1.165, 1.54) is 199 Å². The summed E-state index contributed by atoms with van der Waals surface area (Å²) < 4.78 is 0. The standard InChI is InChI=1S/C55H103NO3/c1-3-5-7-9-11-13-15-17-19-21-22-23-24-25-26-27-28-29-30-31-32-33-34-35-37-39-41-43-45-47-49-51-55(59)56-53(52-57)54(58)50-48-46-44-42-40-38-36-20-18-16-14-12-10-8-6-4-2/h5,7,11,13,17,19,22-23,53-54,57-58H,3-4,6,8-10,12,14-16,18,20-21,24-52H2,1-2H3,(H,56,59)/b7-5-,13-11-,19-17-,23-22-. The lowest BCUT2D eigenvalue weighted by Crippen LogP contribution is -2.45. The Balaban J connectivity index is 3.44. The topological polar surface area (TPSA) is 69.6 Å². The maximum Gasteiger partial charge on any atom is 0.220 e. The fourth-order valence-electron chi connectivity index (χ4n) is 8.12. The first-order valence-corrected chi connectivity index (χ1v) is 26.3. The third-order valence-corrected chi connectivity index (χ3v) is 12.1. The Hall–Kier alpha value is -1.65. The quantitative estimate of drug-likeness (QED) is 0.0423. The van der Waals surface area contributed by atoms with Crippen LogP contribution in [0.25, 0.3) is 0 Å². The predicted octanol–water partition coefficient (Wildman–Crippen LogP) is 17.1. The van der Waals surface area contributed by atoms with E-state index in [0.29, 0.717) is 12.8 Å². The van der Waals surface area contributed by atoms with Crippen molar-refractivity contribution in [1.82, 2.24) is 5.32 Å². The van der Waals surface area contributed by atoms with Crippen molar-refractivity contribution in [2.45, 2.75) is 289 Å². The van der Waals surface area contributed by atoms with Gasteiger partial charge < -0.3 is 15.5 Å². The van der Waals surface area contributed by atoms with E-state index < -0.39 is 12.1 Å². The van der Waals surface area contributed by atoms with E-state index in [1.54, 1.807) is 0 Å². The number of carbonyl (C=O) groups excluding carboxylic acids is 1. The van der Waals surface area contributed by atoms with Crippen molar-refractivity contribution in [3.63, 3.8) is 0 Å². The number of amides is 1. The molecule has 4 nitrogen and oxygen atoms in total. The van der Waals surface area contributed by atoms with Crippen LogP contribution in [0.15, 0.2) is 48.6 Å². The Bertz CT molecular complexity index is 939. The van der Waals surface area contributed by atoms with E-state index in [9.17, 15) is 15.0 Å². The summed E-state index contributed by atoms with van der Waals surface area (Å²) in [5.74, 6) is -0.0285. The van der Waals surface area contributed by atoms with E-state index in [0.717, 1.165) is 51.4 Å². The highest BCUT2D eigenvalue weighted by Gasteiger charge is 2.20. The first kappa shape index (κ1) is 57.3. The van der Waals surface area contributed by atoms with Crippen LogP contribution in [0.4, 0.5) is 0 Å². The summed E-state index contributed by atoms with van der Waals surface area (Å²) in [6.07, 6.45) is 69.4. The Morgan fingerprint density at radius 2 is 0.746 bits per heavy atom. The monoisotopic (exact) mass is 826 g/mol. The third-order valence-electron chi connectivity index (χ3n) is 12.1. The zero-order chi connectivity index (χ0) is 42.8. The highest BCUT2D eigenvalue weighted by atomic mass is 16.3. The molecular weight excluding hydrogens is 723 g/mol. The molecule has 0 spiro atoms. The van der Waals surface area contributed by atoms with Gasteiger partial charge in [-0.25, -0.2) is 0 Å². The van der Waals surface area contributed by atoms with Crippen LogP contribution in [-0.4, -0.2) is 34.9 Å². The summed E-state index contributed by atoms with van der Waals surface area (Å²) in [6.45, 7) is 4.26. The van der Waals surface area contributed by atoms with E-state index in [1.807, 2.05) is 0 Å². The third kappa shape index (κ3) is 47.3. The van der Waals surface area contributed by atoms with E-state index in [4.69, 9.17) is 0 Å². The molecule has 4 heteroatoms. The average Bonchev–Trinajstić information content (AvgIpc) is 3.24. The van der Waals surface area contributed by atoms with Crippen molar-refractivity contribution in [2.75, 3.05) is 6.61 Å². The smallest absolute Gasteiger partial charge is 0.220 e. The molecule has 2 atom stereocenters. The van der Waals surface area contributed by atoms with Crippen molar-refractivity contribution in [1.29, 1.82) is 0 Å². The fourth-order valence-corrected chi connectivity index (χ4v) is 8.12. The lowest BCUT2D eigenvalue weighted by molar-refractivity contribution is -0.123. The van der Waals surface area contributed by atoms with Crippen LogP contribution >= 0.6 is 0 Å². The second-order valence-electron chi connectivity index (χ2n) is 17.9. The van der Waals surface area contributed by atoms with Gasteiger partial charge in [0.2, 0.25) is 5.91 Å². The van der Waals surface area contributed by atoms with Gasteiger partial charge in [0.25, 0.3) is 0 Å². The molecule has 0 bridgehead atoms. The van der Waals surface area contributed by atoms with Gasteiger partial charge in [0.15, 0.2) is 0 Å². The molecule has 0 saturated heterocycles. The molecule has 0 aromatic rings. The maximum absolute atomic E-state index is 12.5. The first-order valence-electron chi connectivity index (χ1n) is 26.3. The number of rotatable bonds is 48. The number of hydrogen-bond donors (Lipinski definition) is 3. The molecule has 0 rings (SSSR count). The summed E-state index contributed by atoms with van der Waals surface area (Å²) in [6, 6.07) is -0.535. The minimum absolute atomic E-state index is 0.0285. The Labute approximate surface area is 369 Å². The largest absolute Gasteiger partial charge is 0.394 e. The number of allylic oxidation sites excluding steroid dienone is 8. The van der Waals surface area contributed by atoms with Crippen LogP contribution in [0.2, 0.25) is 0 Å². The number of carbonyl (C=O) groups is 1. The molecule has 0 aromatic heterocycles. The SMILES string of the molecule is CC/C=C\C/C=C\C/C=C\C/C=C\CCCCCCCCCCCCCCCCCCCCC(=O)NC(CO)C(O)CCCCCCCCCCCCCCCCCC. The van der Waals surface area contributed by atoms with Gasteiger partial charge in [-0.1, -0.05) is 268 Å². The minimum atomic E-state index is -0.658. The molecule has 346 valence electrons. The predicted molar refractivity (Wildman–Crippen MR) is 262 cm³/mol. The zero-order valence-corrected chi connectivity index (χ0v) is 39.8. The van der Waals surface area contributed by atoms with Gasteiger partial charge in [-0.05, 0) is 51.4 Å². The van der Waals surface area contributed by atoms with Crippen molar-refractivity contribution in [3.8, 4) is 0 Å². The van der Waals surface area contributed by atoms with Crippen LogP contribution < -0.4 is 5.32 Å². The van der Waals surface area contributed by atoms with Gasteiger partial charge in [-0.15, -0.1) is 0 Å². The Morgan fingerprint density at radius 3 is 1.12 bits per heavy atom. The zero-order valence-electron chi connectivity index (χ0n) is 39.8. The van der Waals surface area contributed by atoms with Crippen LogP contribution in [-0.2, 0) is 4.79 Å². The second-order valence-corrected chi connectivity index (χ2v) is 17.9. The van der Waals surface area contributed by atoms with Crippen molar-refractivity contribution < 1.29 is 15.0 Å². The van der Waals surface area contributed by atoms with Gasteiger partial charge in [0, 0.05) is 6.42 Å². The molecule has 0 aliphatic heterocycles. The fraction of sp³-hybridized carbons (Fsp3) is 0.836. The normalized spacial score (nSPS) is 13.2. The lowest BCUT2D eigenvalue weighted by atomic mass is 10.0. The molecule has 0 heterocycles. The van der Waals surface area contributed by atoms with E-state index in [-0.39, 0.29) is 12.5 Å². The number of nitrogens with one attached hydrogen (secondary N) is 1. The minimum Gasteiger partial charge on any atom is -0.394 e. The molecule has 0 aliphatic rings. The molecule has 0 fully saturated rings. The highest BCUT2D eigenvalue weighted by Crippen LogP contribution is 2.17. The highest BCUT2D eigenvalue weighted by molar-refractivity contribution is 5.76. The lowest BCUT2D eigenvalue weighted by Gasteiger charge is -2.22. The number of hydrogen-bond acceptors (Lipinski definition) is 3. The number of aliphatic hydroxyl groups excluding tert-OH is 2. The van der Waals surface area contributed by atoms with Crippen LogP contribution in [0, 0.1) is 0 Å². The Kier molecular flexibility index (Phi) is 49.3. The van der Waals surface area contributed by atoms with Gasteiger partial charge >= 0.3 is 0 Å². The summed E-state index contributed by atoms with van der Waals surface area (Å²) in [5, 5.41) is 23.3. The summed E-state index contributed by atoms with van der Waals surface area (Å²) >= 11 is 0. The van der Waals surface area contributed by atoms with Gasteiger partial charge in [-0.2, -0.15) is 0 Å². The van der Waals surface area contributed by atoms with E-state index in [2.05, 4.69) is 67.8 Å². The summed E-state index contributed by atoms with van der Waals surface area (Å²) in [7, 11) is 0. The Morgan fingerprint density at radius 1 is 0.424 bits per heavy atom.